The molecule has 0 aromatic heterocycles. The Hall–Kier alpha value is -2.62. The number of nitrogens with two attached hydrogens (primary N) is 1. The Morgan fingerprint density at radius 2 is 1.00 bits per heavy atom. The van der Waals surface area contributed by atoms with E-state index in [2.05, 4.69) is 0 Å². The minimum Gasteiger partial charge on any atom is -0.405 e. The number of hydrogen-bond donors (Lipinski definition) is 1. The van der Waals surface area contributed by atoms with Crippen LogP contribution in [0.3, 0.4) is 0 Å². The molecule has 0 rings (SSSR count). The highest BCUT2D eigenvalue weighted by atomic mass is 16.6. The van der Waals surface area contributed by atoms with Crippen molar-refractivity contribution >= 4 is 0 Å². The summed E-state index contributed by atoms with van der Waals surface area (Å²) in [6, 6.07) is 0. The minimum absolute atomic E-state index is 0.508. The van der Waals surface area contributed by atoms with Crippen LogP contribution < -0.4 is 5.73 Å². The van der Waals surface area contributed by atoms with Crippen molar-refractivity contribution in [3.8, 4) is 0 Å². The van der Waals surface area contributed by atoms with Gasteiger partial charge in [-0.25, -0.2) is 0 Å². The second kappa shape index (κ2) is 12.4. The van der Waals surface area contributed by atoms with Crippen LogP contribution in [0, 0.1) is 10.1 Å². The lowest BCUT2D eigenvalue weighted by molar-refractivity contribution is -0.402. The van der Waals surface area contributed by atoms with Crippen LogP contribution in [0.4, 0.5) is 0 Å². The Labute approximate surface area is 107 Å². The van der Waals surface area contributed by atoms with Crippen molar-refractivity contribution in [3.63, 3.8) is 0 Å². The minimum atomic E-state index is -0.508. The Morgan fingerprint density at radius 1 is 0.667 bits per heavy atom. The molecule has 0 heterocycles. The first-order chi connectivity index (χ1) is 8.77. The lowest BCUT2D eigenvalue weighted by Crippen LogP contribution is -1.80. The summed E-state index contributed by atoms with van der Waals surface area (Å²) in [6.07, 6.45) is 23.5. The van der Waals surface area contributed by atoms with E-state index >= 15 is 0 Å². The maximum absolute atomic E-state index is 9.93. The normalized spacial score (nSPS) is 13.8. The second-order valence-electron chi connectivity index (χ2n) is 2.94. The largest absolute Gasteiger partial charge is 0.405 e. The maximum Gasteiger partial charge on any atom is 0.234 e. The molecule has 0 aliphatic heterocycles. The standard InChI is InChI=1S/C14H16N2O2/c15-13-11-9-7-5-3-1-2-4-6-8-10-12-14-16(17)18/h1-14H,15H2/b2-1+,5-3+,6-4+,9-7+,10-8+,13-11+,14-12+. The summed E-state index contributed by atoms with van der Waals surface area (Å²) in [5, 5.41) is 9.93. The molecule has 18 heavy (non-hydrogen) atoms. The van der Waals surface area contributed by atoms with Gasteiger partial charge in [0, 0.05) is 6.08 Å². The summed E-state index contributed by atoms with van der Waals surface area (Å²) in [7, 11) is 0. The fourth-order valence-corrected chi connectivity index (χ4v) is 0.826. The molecule has 2 N–H and O–H groups in total. The van der Waals surface area contributed by atoms with Crippen molar-refractivity contribution in [2.75, 3.05) is 0 Å². The van der Waals surface area contributed by atoms with Gasteiger partial charge >= 0.3 is 0 Å². The summed E-state index contributed by atoms with van der Waals surface area (Å²) in [6.45, 7) is 0. The highest BCUT2D eigenvalue weighted by Gasteiger charge is 1.77. The molecular weight excluding hydrogens is 228 g/mol. The monoisotopic (exact) mass is 244 g/mol. The van der Waals surface area contributed by atoms with Gasteiger partial charge in [0.05, 0.1) is 4.92 Å². The van der Waals surface area contributed by atoms with E-state index in [4.69, 9.17) is 5.73 Å². The predicted octanol–water partition coefficient (Wildman–Crippen LogP) is 3.03. The lowest BCUT2D eigenvalue weighted by atomic mass is 10.3. The third kappa shape index (κ3) is 13.4. The Balaban J connectivity index is 3.85. The number of nitrogens with zero attached hydrogens (tertiary/aromatic N) is 1. The van der Waals surface area contributed by atoms with Crippen LogP contribution in [-0.2, 0) is 0 Å². The third-order valence-electron chi connectivity index (χ3n) is 1.54. The summed E-state index contributed by atoms with van der Waals surface area (Å²) >= 11 is 0. The average molecular weight is 244 g/mol. The quantitative estimate of drug-likeness (QED) is 0.425. The molecule has 0 aliphatic rings. The van der Waals surface area contributed by atoms with Crippen LogP contribution in [0.2, 0.25) is 0 Å². The van der Waals surface area contributed by atoms with Crippen LogP contribution in [-0.4, -0.2) is 4.92 Å². The van der Waals surface area contributed by atoms with Crippen LogP contribution >= 0.6 is 0 Å². The van der Waals surface area contributed by atoms with E-state index in [-0.39, 0.29) is 0 Å². The summed E-state index contributed by atoms with van der Waals surface area (Å²) < 4.78 is 0. The number of rotatable bonds is 7. The van der Waals surface area contributed by atoms with Gasteiger partial charge < -0.3 is 5.73 Å². The van der Waals surface area contributed by atoms with Gasteiger partial charge in [0.25, 0.3) is 0 Å². The molecule has 0 atom stereocenters. The molecule has 0 amide bonds. The molecule has 0 unspecified atom stereocenters. The van der Waals surface area contributed by atoms with E-state index in [1.165, 1.54) is 12.3 Å². The summed E-state index contributed by atoms with van der Waals surface area (Å²) in [5.41, 5.74) is 5.15. The van der Waals surface area contributed by atoms with Gasteiger partial charge in [0.1, 0.15) is 0 Å². The van der Waals surface area contributed by atoms with E-state index in [0.29, 0.717) is 0 Å². The smallest absolute Gasteiger partial charge is 0.234 e. The summed E-state index contributed by atoms with van der Waals surface area (Å²) in [5.74, 6) is 0. The zero-order chi connectivity index (χ0) is 13.5. The number of nitro groups is 1. The lowest BCUT2D eigenvalue weighted by Gasteiger charge is -1.75. The molecule has 0 aliphatic carbocycles. The van der Waals surface area contributed by atoms with Gasteiger partial charge in [-0.3, -0.25) is 10.1 Å². The number of allylic oxidation sites excluding steroid dienone is 12. The molecule has 0 aromatic carbocycles. The average Bonchev–Trinajstić information content (AvgIpc) is 2.34. The molecule has 0 bridgehead atoms. The third-order valence-corrected chi connectivity index (χ3v) is 1.54. The fraction of sp³-hybridized carbons (Fsp3) is 0. The van der Waals surface area contributed by atoms with Gasteiger partial charge in [-0.2, -0.15) is 0 Å². The highest BCUT2D eigenvalue weighted by molar-refractivity contribution is 5.20. The van der Waals surface area contributed by atoms with Gasteiger partial charge in [-0.15, -0.1) is 0 Å². The molecule has 0 spiro atoms. The van der Waals surface area contributed by atoms with Crippen LogP contribution in [0.1, 0.15) is 0 Å². The van der Waals surface area contributed by atoms with Crippen molar-refractivity contribution < 1.29 is 4.92 Å². The molecular formula is C14H16N2O2. The van der Waals surface area contributed by atoms with Crippen LogP contribution in [0.15, 0.2) is 85.3 Å². The first-order valence-electron chi connectivity index (χ1n) is 5.29. The maximum atomic E-state index is 9.93. The Kier molecular flexibility index (Phi) is 10.6. The zero-order valence-corrected chi connectivity index (χ0v) is 9.92. The van der Waals surface area contributed by atoms with Crippen LogP contribution in [0.25, 0.3) is 0 Å². The van der Waals surface area contributed by atoms with Gasteiger partial charge in [-0.1, -0.05) is 60.8 Å². The van der Waals surface area contributed by atoms with E-state index in [9.17, 15) is 10.1 Å². The van der Waals surface area contributed by atoms with Crippen molar-refractivity contribution in [2.24, 2.45) is 5.73 Å². The van der Waals surface area contributed by atoms with E-state index in [1.54, 1.807) is 24.3 Å². The molecule has 4 nitrogen and oxygen atoms in total. The predicted molar refractivity (Wildman–Crippen MR) is 75.2 cm³/mol. The van der Waals surface area contributed by atoms with Crippen molar-refractivity contribution in [1.82, 2.24) is 0 Å². The van der Waals surface area contributed by atoms with E-state index < -0.39 is 4.92 Å². The first-order valence-corrected chi connectivity index (χ1v) is 5.29. The van der Waals surface area contributed by atoms with E-state index in [1.807, 2.05) is 42.5 Å². The van der Waals surface area contributed by atoms with Gasteiger partial charge in [0.15, 0.2) is 0 Å². The number of hydrogen-bond acceptors (Lipinski definition) is 3. The molecule has 0 aromatic rings. The first kappa shape index (κ1) is 15.4. The molecule has 0 radical (unpaired) electrons. The molecule has 4 heteroatoms. The van der Waals surface area contributed by atoms with Crippen molar-refractivity contribution in [2.45, 2.75) is 0 Å². The van der Waals surface area contributed by atoms with E-state index in [0.717, 1.165) is 6.20 Å². The Bertz CT molecular complexity index is 425. The van der Waals surface area contributed by atoms with Gasteiger partial charge in [0.2, 0.25) is 6.20 Å². The molecule has 0 fully saturated rings. The Morgan fingerprint density at radius 3 is 1.33 bits per heavy atom. The van der Waals surface area contributed by atoms with Crippen molar-refractivity contribution in [1.29, 1.82) is 0 Å². The molecule has 94 valence electrons. The SMILES string of the molecule is N/C=C/C=C/C=C/C=C/C=C/C=C/C=C/[N+](=O)[O-]. The topological polar surface area (TPSA) is 69.2 Å². The zero-order valence-electron chi connectivity index (χ0n) is 9.92. The van der Waals surface area contributed by atoms with Crippen LogP contribution in [0.5, 0.6) is 0 Å². The van der Waals surface area contributed by atoms with Crippen molar-refractivity contribution in [3.05, 3.63) is 95.4 Å². The molecule has 0 saturated carbocycles. The summed E-state index contributed by atoms with van der Waals surface area (Å²) in [4.78, 5) is 9.42. The molecule has 0 saturated heterocycles. The fourth-order valence-electron chi connectivity index (χ4n) is 0.826. The van der Waals surface area contributed by atoms with Gasteiger partial charge in [-0.05, 0) is 12.3 Å². The highest BCUT2D eigenvalue weighted by Crippen LogP contribution is 1.85. The second-order valence-corrected chi connectivity index (χ2v) is 2.94.